The summed E-state index contributed by atoms with van der Waals surface area (Å²) in [6.45, 7) is 0.333. The summed E-state index contributed by atoms with van der Waals surface area (Å²) in [4.78, 5) is 58.8. The van der Waals surface area contributed by atoms with Crippen molar-refractivity contribution in [1.82, 2.24) is 25.5 Å². The first-order valence-electron chi connectivity index (χ1n) is 11.1. The zero-order chi connectivity index (χ0) is 25.1. The van der Waals surface area contributed by atoms with Crippen LogP contribution >= 0.6 is 23.5 Å². The first-order valence-corrected chi connectivity index (χ1v) is 13.9. The van der Waals surface area contributed by atoms with Crippen LogP contribution in [0.4, 0.5) is 0 Å². The van der Waals surface area contributed by atoms with Crippen molar-refractivity contribution in [3.63, 3.8) is 0 Å². The minimum absolute atomic E-state index is 0.137. The molecule has 34 heavy (non-hydrogen) atoms. The molecule has 4 unspecified atom stereocenters. The first kappa shape index (κ1) is 28.0. The highest BCUT2D eigenvalue weighted by molar-refractivity contribution is 7.98. The lowest BCUT2D eigenvalue weighted by Gasteiger charge is -2.29. The van der Waals surface area contributed by atoms with Crippen molar-refractivity contribution in [3.05, 3.63) is 18.2 Å². The predicted octanol–water partition coefficient (Wildman–Crippen LogP) is -0.169. The summed E-state index contributed by atoms with van der Waals surface area (Å²) in [5, 5.41) is 14.9. The molecule has 0 bridgehead atoms. The summed E-state index contributed by atoms with van der Waals surface area (Å²) in [6, 6.07) is -3.53. The first-order chi connectivity index (χ1) is 16.3. The summed E-state index contributed by atoms with van der Waals surface area (Å²) in [5.41, 5.74) is 6.61. The fourth-order valence-corrected chi connectivity index (χ4v) is 4.69. The molecule has 4 atom stereocenters. The molecule has 0 spiro atoms. The zero-order valence-electron chi connectivity index (χ0n) is 19.5. The normalized spacial score (nSPS) is 18.2. The minimum atomic E-state index is -1.05. The van der Waals surface area contributed by atoms with E-state index in [4.69, 9.17) is 5.73 Å². The number of nitrogens with one attached hydrogen (secondary N) is 3. The topological polar surface area (TPSA) is 171 Å². The molecule has 0 aromatic carbocycles. The van der Waals surface area contributed by atoms with Gasteiger partial charge in [0.25, 0.3) is 0 Å². The third-order valence-corrected chi connectivity index (χ3v) is 6.92. The molecular weight excluding hydrogens is 480 g/mol. The number of aromatic nitrogens is 2. The standard InChI is InChI=1S/C21H34N6O5S2/c1-33-8-5-14(22)18(28)26-16(10-13-11-23-12-24-13)19(29)25-15(6-9-34-2)20(30)27-7-3-4-17(27)21(31)32/h11-12,14-17H,3-10,22H2,1-2H3,(H,23,24)(H,25,29)(H,26,28)(H,31,32). The van der Waals surface area contributed by atoms with Gasteiger partial charge in [-0.3, -0.25) is 14.4 Å². The van der Waals surface area contributed by atoms with Crippen LogP contribution in [0.3, 0.4) is 0 Å². The highest BCUT2D eigenvalue weighted by Gasteiger charge is 2.38. The van der Waals surface area contributed by atoms with Crippen LogP contribution in [-0.2, 0) is 25.6 Å². The molecule has 1 aromatic rings. The largest absolute Gasteiger partial charge is 0.480 e. The number of aliphatic carboxylic acids is 1. The summed E-state index contributed by atoms with van der Waals surface area (Å²) >= 11 is 3.09. The van der Waals surface area contributed by atoms with Crippen molar-refractivity contribution in [1.29, 1.82) is 0 Å². The van der Waals surface area contributed by atoms with Crippen molar-refractivity contribution in [2.24, 2.45) is 5.73 Å². The molecule has 1 fully saturated rings. The fraction of sp³-hybridized carbons (Fsp3) is 0.667. The SMILES string of the molecule is CSCCC(N)C(=O)NC(Cc1cnc[nH]1)C(=O)NC(CCSC)C(=O)N1CCCC1C(=O)O. The number of amides is 3. The van der Waals surface area contributed by atoms with E-state index in [0.717, 1.165) is 0 Å². The highest BCUT2D eigenvalue weighted by Crippen LogP contribution is 2.20. The van der Waals surface area contributed by atoms with Gasteiger partial charge in [0.05, 0.1) is 12.4 Å². The van der Waals surface area contributed by atoms with Crippen molar-refractivity contribution < 1.29 is 24.3 Å². The van der Waals surface area contributed by atoms with Gasteiger partial charge in [-0.25, -0.2) is 9.78 Å². The van der Waals surface area contributed by atoms with E-state index in [1.54, 1.807) is 18.0 Å². The molecule has 2 heterocycles. The second-order valence-electron chi connectivity index (χ2n) is 8.10. The predicted molar refractivity (Wildman–Crippen MR) is 132 cm³/mol. The molecule has 0 aliphatic carbocycles. The van der Waals surface area contributed by atoms with Crippen LogP contribution in [0.2, 0.25) is 0 Å². The molecule has 2 rings (SSSR count). The highest BCUT2D eigenvalue weighted by atomic mass is 32.2. The zero-order valence-corrected chi connectivity index (χ0v) is 21.1. The Balaban J connectivity index is 2.16. The Labute approximate surface area is 207 Å². The summed E-state index contributed by atoms with van der Waals surface area (Å²) < 4.78 is 0. The monoisotopic (exact) mass is 514 g/mol. The van der Waals surface area contributed by atoms with Crippen molar-refractivity contribution in [3.8, 4) is 0 Å². The molecule has 3 amide bonds. The Hall–Kier alpha value is -2.25. The van der Waals surface area contributed by atoms with Gasteiger partial charge in [-0.05, 0) is 49.7 Å². The number of carboxylic acids is 1. The van der Waals surface area contributed by atoms with Crippen molar-refractivity contribution >= 4 is 47.2 Å². The number of carbonyl (C=O) groups is 4. The van der Waals surface area contributed by atoms with E-state index in [0.29, 0.717) is 49.4 Å². The molecule has 0 radical (unpaired) electrons. The maximum atomic E-state index is 13.3. The Morgan fingerprint density at radius 1 is 1.18 bits per heavy atom. The van der Waals surface area contributed by atoms with Crippen LogP contribution in [0.15, 0.2) is 12.5 Å². The summed E-state index contributed by atoms with van der Waals surface area (Å²) in [7, 11) is 0. The Morgan fingerprint density at radius 2 is 1.85 bits per heavy atom. The number of imidazole rings is 1. The van der Waals surface area contributed by atoms with E-state index in [-0.39, 0.29) is 6.42 Å². The van der Waals surface area contributed by atoms with E-state index >= 15 is 0 Å². The van der Waals surface area contributed by atoms with E-state index in [2.05, 4.69) is 20.6 Å². The van der Waals surface area contributed by atoms with E-state index in [1.807, 2.05) is 12.5 Å². The third kappa shape index (κ3) is 8.20. The van der Waals surface area contributed by atoms with Gasteiger partial charge >= 0.3 is 5.97 Å². The maximum Gasteiger partial charge on any atom is 0.326 e. The second kappa shape index (κ2) is 14.2. The fourth-order valence-electron chi connectivity index (χ4n) is 3.73. The summed E-state index contributed by atoms with van der Waals surface area (Å²) in [5.74, 6) is -1.16. The quantitative estimate of drug-likeness (QED) is 0.226. The molecular formula is C21H34N6O5S2. The van der Waals surface area contributed by atoms with E-state index < -0.39 is 47.9 Å². The maximum absolute atomic E-state index is 13.3. The number of nitrogens with zero attached hydrogens (tertiary/aromatic N) is 2. The van der Waals surface area contributed by atoms with Crippen molar-refractivity contribution in [2.45, 2.75) is 56.3 Å². The lowest BCUT2D eigenvalue weighted by atomic mass is 10.1. The Bertz CT molecular complexity index is 825. The number of carbonyl (C=O) groups excluding carboxylic acids is 3. The van der Waals surface area contributed by atoms with Gasteiger partial charge in [-0.2, -0.15) is 23.5 Å². The van der Waals surface area contributed by atoms with Crippen LogP contribution in [0.25, 0.3) is 0 Å². The molecule has 11 nitrogen and oxygen atoms in total. The van der Waals surface area contributed by atoms with Gasteiger partial charge in [0.2, 0.25) is 17.7 Å². The minimum Gasteiger partial charge on any atom is -0.480 e. The molecule has 0 saturated carbocycles. The van der Waals surface area contributed by atoms with Crippen LogP contribution < -0.4 is 16.4 Å². The van der Waals surface area contributed by atoms with Gasteiger partial charge in [0, 0.05) is 24.9 Å². The number of rotatable bonds is 14. The molecule has 1 aliphatic heterocycles. The van der Waals surface area contributed by atoms with Crippen LogP contribution in [0.1, 0.15) is 31.4 Å². The molecule has 190 valence electrons. The molecule has 1 aromatic heterocycles. The van der Waals surface area contributed by atoms with Gasteiger partial charge in [0.1, 0.15) is 18.1 Å². The number of thioether (sulfide) groups is 2. The number of H-pyrrole nitrogens is 1. The number of aromatic amines is 1. The molecule has 13 heteroatoms. The molecule has 1 aliphatic rings. The second-order valence-corrected chi connectivity index (χ2v) is 10.1. The molecule has 6 N–H and O–H groups in total. The van der Waals surface area contributed by atoms with Gasteiger partial charge in [-0.1, -0.05) is 0 Å². The van der Waals surface area contributed by atoms with Crippen LogP contribution in [0, 0.1) is 0 Å². The number of carboxylic acid groups (broad SMARTS) is 1. The Kier molecular flexibility index (Phi) is 11.7. The number of likely N-dealkylation sites (tertiary alicyclic amines) is 1. The lowest BCUT2D eigenvalue weighted by Crippen LogP contribution is -2.57. The van der Waals surface area contributed by atoms with Crippen LogP contribution in [-0.4, -0.2) is 98.4 Å². The van der Waals surface area contributed by atoms with Crippen LogP contribution in [0.5, 0.6) is 0 Å². The van der Waals surface area contributed by atoms with Crippen molar-refractivity contribution in [2.75, 3.05) is 30.6 Å². The van der Waals surface area contributed by atoms with Gasteiger partial charge in [-0.15, -0.1) is 0 Å². The summed E-state index contributed by atoms with van der Waals surface area (Å²) in [6.07, 6.45) is 8.75. The molecule has 1 saturated heterocycles. The lowest BCUT2D eigenvalue weighted by molar-refractivity contribution is -0.149. The van der Waals surface area contributed by atoms with E-state index in [9.17, 15) is 24.3 Å². The average Bonchev–Trinajstić information content (AvgIpc) is 3.51. The van der Waals surface area contributed by atoms with E-state index in [1.165, 1.54) is 23.0 Å². The van der Waals surface area contributed by atoms with Gasteiger partial charge < -0.3 is 31.4 Å². The smallest absolute Gasteiger partial charge is 0.326 e. The average molecular weight is 515 g/mol. The third-order valence-electron chi connectivity index (χ3n) is 5.63. The van der Waals surface area contributed by atoms with Gasteiger partial charge in [0.15, 0.2) is 0 Å². The number of nitrogens with two attached hydrogens (primary N) is 1. The Morgan fingerprint density at radius 3 is 2.47 bits per heavy atom. The number of hydrogen-bond acceptors (Lipinski definition) is 8. The number of hydrogen-bond donors (Lipinski definition) is 5.